The Bertz CT molecular complexity index is 830. The maximum absolute atomic E-state index is 12.5. The summed E-state index contributed by atoms with van der Waals surface area (Å²) in [4.78, 5) is 26.3. The molecule has 2 aromatic carbocycles. The molecule has 0 saturated heterocycles. The first kappa shape index (κ1) is 15.2. The second-order valence-electron chi connectivity index (χ2n) is 5.98. The topological polar surface area (TPSA) is 69.6 Å². The van der Waals surface area contributed by atoms with E-state index in [-0.39, 0.29) is 30.2 Å². The fourth-order valence-corrected chi connectivity index (χ4v) is 3.74. The van der Waals surface area contributed by atoms with Gasteiger partial charge in [-0.15, -0.1) is 0 Å². The molecule has 2 N–H and O–H groups in total. The molecule has 0 radical (unpaired) electrons. The highest BCUT2D eigenvalue weighted by Crippen LogP contribution is 2.37. The number of phenols is 1. The molecule has 0 saturated carbocycles. The Labute approximate surface area is 143 Å². The smallest absolute Gasteiger partial charge is 0.261 e. The van der Waals surface area contributed by atoms with Crippen LogP contribution in [0.5, 0.6) is 5.75 Å². The van der Waals surface area contributed by atoms with Crippen molar-refractivity contribution in [3.05, 3.63) is 63.7 Å². The number of aromatic hydroxyl groups is 1. The minimum atomic E-state index is -0.338. The third kappa shape index (κ3) is 2.20. The number of nitrogens with one attached hydrogen (secondary N) is 1. The molecule has 0 aliphatic carbocycles. The molecular weight excluding hydrogens is 328 g/mol. The van der Waals surface area contributed by atoms with E-state index < -0.39 is 0 Å². The number of carbonyl (C=O) groups excluding carboxylic acids is 2. The van der Waals surface area contributed by atoms with Crippen molar-refractivity contribution in [1.29, 1.82) is 0 Å². The van der Waals surface area contributed by atoms with Crippen molar-refractivity contribution in [3.8, 4) is 5.75 Å². The number of benzene rings is 2. The highest BCUT2D eigenvalue weighted by molar-refractivity contribution is 6.31. The number of imide groups is 1. The lowest BCUT2D eigenvalue weighted by molar-refractivity contribution is 0.0636. The summed E-state index contributed by atoms with van der Waals surface area (Å²) in [5.41, 5.74) is 2.39. The van der Waals surface area contributed by atoms with Gasteiger partial charge in [-0.2, -0.15) is 0 Å². The predicted octanol–water partition coefficient (Wildman–Crippen LogP) is 2.53. The summed E-state index contributed by atoms with van der Waals surface area (Å²) in [5, 5.41) is 14.1. The Morgan fingerprint density at radius 3 is 2.46 bits per heavy atom. The van der Waals surface area contributed by atoms with E-state index in [1.807, 2.05) is 0 Å². The van der Waals surface area contributed by atoms with E-state index in [0.717, 1.165) is 5.56 Å². The summed E-state index contributed by atoms with van der Waals surface area (Å²) in [5.74, 6) is -0.472. The van der Waals surface area contributed by atoms with E-state index >= 15 is 0 Å². The molecule has 0 fully saturated rings. The van der Waals surface area contributed by atoms with Crippen molar-refractivity contribution >= 4 is 23.4 Å². The lowest BCUT2D eigenvalue weighted by atomic mass is 9.93. The Kier molecular flexibility index (Phi) is 3.55. The quantitative estimate of drug-likeness (QED) is 0.823. The summed E-state index contributed by atoms with van der Waals surface area (Å²) in [6.07, 6.45) is 0.696. The Morgan fingerprint density at radius 1 is 1.12 bits per heavy atom. The minimum absolute atomic E-state index is 0.128. The fraction of sp³-hybridized carbons (Fsp3) is 0.222. The standard InChI is InChI=1S/C18H15ClN2O3/c19-13-5-6-15(22)16-12(13)7-8-20-14(16)9-21-17(23)10-3-1-2-4-11(10)18(21)24/h1-6,14,20,22H,7-9H2. The molecular formula is C18H15ClN2O3. The molecule has 0 aromatic heterocycles. The number of nitrogens with zero attached hydrogens (tertiary/aromatic N) is 1. The Hall–Kier alpha value is -2.37. The van der Waals surface area contributed by atoms with Crippen molar-refractivity contribution in [2.75, 3.05) is 13.1 Å². The average Bonchev–Trinajstić information content (AvgIpc) is 2.84. The molecule has 4 rings (SSSR count). The van der Waals surface area contributed by atoms with Crippen molar-refractivity contribution < 1.29 is 14.7 Å². The van der Waals surface area contributed by atoms with Crippen LogP contribution in [0, 0.1) is 0 Å². The maximum atomic E-state index is 12.5. The van der Waals surface area contributed by atoms with Gasteiger partial charge in [-0.1, -0.05) is 23.7 Å². The second kappa shape index (κ2) is 5.61. The van der Waals surface area contributed by atoms with Crippen LogP contribution in [0.1, 0.15) is 37.9 Å². The van der Waals surface area contributed by atoms with E-state index in [9.17, 15) is 14.7 Å². The molecule has 1 unspecified atom stereocenters. The van der Waals surface area contributed by atoms with Gasteiger partial charge in [0, 0.05) is 17.1 Å². The van der Waals surface area contributed by atoms with Crippen LogP contribution in [0.25, 0.3) is 0 Å². The normalized spacial score (nSPS) is 19.4. The number of halogens is 1. The average molecular weight is 343 g/mol. The minimum Gasteiger partial charge on any atom is -0.508 e. The van der Waals surface area contributed by atoms with E-state index in [0.29, 0.717) is 34.7 Å². The third-order valence-corrected chi connectivity index (χ3v) is 4.99. The maximum Gasteiger partial charge on any atom is 0.261 e. The summed E-state index contributed by atoms with van der Waals surface area (Å²) in [6, 6.07) is 9.68. The zero-order valence-electron chi connectivity index (χ0n) is 12.8. The fourth-order valence-electron chi connectivity index (χ4n) is 3.49. The van der Waals surface area contributed by atoms with Crippen molar-refractivity contribution in [2.24, 2.45) is 0 Å². The summed E-state index contributed by atoms with van der Waals surface area (Å²) >= 11 is 6.24. The Balaban J connectivity index is 1.69. The molecule has 24 heavy (non-hydrogen) atoms. The summed E-state index contributed by atoms with van der Waals surface area (Å²) < 4.78 is 0. The first-order chi connectivity index (χ1) is 11.6. The van der Waals surface area contributed by atoms with E-state index in [4.69, 9.17) is 11.6 Å². The number of phenolic OH excluding ortho intramolecular Hbond substituents is 1. The van der Waals surface area contributed by atoms with E-state index in [2.05, 4.69) is 5.32 Å². The lowest BCUT2D eigenvalue weighted by Gasteiger charge is -2.30. The van der Waals surface area contributed by atoms with Gasteiger partial charge in [0.15, 0.2) is 0 Å². The zero-order chi connectivity index (χ0) is 16.8. The summed E-state index contributed by atoms with van der Waals surface area (Å²) in [6.45, 7) is 0.831. The zero-order valence-corrected chi connectivity index (χ0v) is 13.5. The van der Waals surface area contributed by atoms with Gasteiger partial charge >= 0.3 is 0 Å². The highest BCUT2D eigenvalue weighted by Gasteiger charge is 2.38. The first-order valence-electron chi connectivity index (χ1n) is 7.77. The molecule has 2 aliphatic rings. The molecule has 5 nitrogen and oxygen atoms in total. The Morgan fingerprint density at radius 2 is 1.79 bits per heavy atom. The lowest BCUT2D eigenvalue weighted by Crippen LogP contribution is -2.41. The number of hydrogen-bond donors (Lipinski definition) is 2. The van der Waals surface area contributed by atoms with Gasteiger partial charge in [-0.3, -0.25) is 14.5 Å². The molecule has 2 aromatic rings. The number of fused-ring (bicyclic) bond motifs is 2. The van der Waals surface area contributed by atoms with E-state index in [1.54, 1.807) is 36.4 Å². The van der Waals surface area contributed by atoms with E-state index in [1.165, 1.54) is 4.90 Å². The largest absolute Gasteiger partial charge is 0.508 e. The van der Waals surface area contributed by atoms with Gasteiger partial charge in [0.2, 0.25) is 0 Å². The molecule has 2 amide bonds. The van der Waals surface area contributed by atoms with Gasteiger partial charge in [0.1, 0.15) is 5.75 Å². The van der Waals surface area contributed by atoms with Gasteiger partial charge in [0.05, 0.1) is 17.2 Å². The van der Waals surface area contributed by atoms with Gasteiger partial charge in [0.25, 0.3) is 11.8 Å². The summed E-state index contributed by atoms with van der Waals surface area (Å²) in [7, 11) is 0. The van der Waals surface area contributed by atoms with Crippen LogP contribution in [-0.4, -0.2) is 34.9 Å². The molecule has 122 valence electrons. The third-order valence-electron chi connectivity index (χ3n) is 4.63. The van der Waals surface area contributed by atoms with Crippen LogP contribution in [0.15, 0.2) is 36.4 Å². The SMILES string of the molecule is O=C1c2ccccc2C(=O)N1CC1NCCc2c(Cl)ccc(O)c21. The van der Waals surface area contributed by atoms with Crippen LogP contribution in [0.2, 0.25) is 5.02 Å². The second-order valence-corrected chi connectivity index (χ2v) is 6.39. The van der Waals surface area contributed by atoms with Gasteiger partial charge in [-0.05, 0) is 42.8 Å². The predicted molar refractivity (Wildman–Crippen MR) is 89.4 cm³/mol. The van der Waals surface area contributed by atoms with Crippen LogP contribution in [0.3, 0.4) is 0 Å². The molecule has 0 bridgehead atoms. The molecule has 0 spiro atoms. The molecule has 6 heteroatoms. The highest BCUT2D eigenvalue weighted by atomic mass is 35.5. The van der Waals surface area contributed by atoms with Crippen LogP contribution in [-0.2, 0) is 6.42 Å². The number of amides is 2. The van der Waals surface area contributed by atoms with Crippen molar-refractivity contribution in [3.63, 3.8) is 0 Å². The van der Waals surface area contributed by atoms with Crippen LogP contribution >= 0.6 is 11.6 Å². The van der Waals surface area contributed by atoms with Crippen LogP contribution < -0.4 is 5.32 Å². The van der Waals surface area contributed by atoms with Gasteiger partial charge in [-0.25, -0.2) is 0 Å². The van der Waals surface area contributed by atoms with Crippen LogP contribution in [0.4, 0.5) is 0 Å². The molecule has 2 heterocycles. The van der Waals surface area contributed by atoms with Gasteiger partial charge < -0.3 is 10.4 Å². The first-order valence-corrected chi connectivity index (χ1v) is 8.14. The molecule has 1 atom stereocenters. The number of carbonyl (C=O) groups is 2. The molecule has 2 aliphatic heterocycles. The van der Waals surface area contributed by atoms with Crippen molar-refractivity contribution in [1.82, 2.24) is 10.2 Å². The monoisotopic (exact) mass is 342 g/mol. The van der Waals surface area contributed by atoms with Crippen molar-refractivity contribution in [2.45, 2.75) is 12.5 Å². The number of hydrogen-bond acceptors (Lipinski definition) is 4. The number of rotatable bonds is 2.